The Morgan fingerprint density at radius 2 is 1.68 bits per heavy atom. The van der Waals surface area contributed by atoms with Crippen LogP contribution in [0.15, 0.2) is 54.6 Å². The number of ether oxygens (including phenoxy) is 1. The topological polar surface area (TPSA) is 138 Å². The Balaban J connectivity index is 0.804. The highest BCUT2D eigenvalue weighted by Gasteiger charge is 2.64. The van der Waals surface area contributed by atoms with Crippen LogP contribution in [-0.2, 0) is 16.1 Å². The molecule has 2 atom stereocenters. The van der Waals surface area contributed by atoms with E-state index in [1.54, 1.807) is 24.3 Å². The maximum Gasteiger partial charge on any atom is 0.255 e. The number of carbonyl (C=O) groups is 4. The Kier molecular flexibility index (Phi) is 11.1. The van der Waals surface area contributed by atoms with Gasteiger partial charge in [-0.15, -0.1) is 0 Å². The monoisotopic (exact) mass is 837 g/mol. The fraction of sp³-hybridized carbons (Fsp3) is 0.500. The lowest BCUT2D eigenvalue weighted by Crippen LogP contribution is -2.74. The highest BCUT2D eigenvalue weighted by Crippen LogP contribution is 2.55. The number of nitriles is 1. The lowest BCUT2D eigenvalue weighted by atomic mass is 9.49. The molecule has 4 aliphatic heterocycles. The number of hydrogen-bond acceptors (Lipinski definition) is 9. The van der Waals surface area contributed by atoms with Crippen LogP contribution in [0.5, 0.6) is 5.75 Å². The van der Waals surface area contributed by atoms with Crippen molar-refractivity contribution < 1.29 is 28.3 Å². The van der Waals surface area contributed by atoms with E-state index in [-0.39, 0.29) is 65.9 Å². The molecule has 3 aromatic rings. The van der Waals surface area contributed by atoms with E-state index in [0.29, 0.717) is 63.8 Å². The molecule has 0 radical (unpaired) electrons. The van der Waals surface area contributed by atoms with Gasteiger partial charge < -0.3 is 29.7 Å². The van der Waals surface area contributed by atoms with Crippen molar-refractivity contribution in [1.29, 1.82) is 5.26 Å². The number of piperidine rings is 2. The van der Waals surface area contributed by atoms with Crippen molar-refractivity contribution in [2.24, 2.45) is 16.7 Å². The first-order valence-electron chi connectivity index (χ1n) is 21.0. The van der Waals surface area contributed by atoms with Crippen LogP contribution in [-0.4, -0.2) is 97.4 Å². The van der Waals surface area contributed by atoms with Crippen molar-refractivity contribution in [3.63, 3.8) is 0 Å². The van der Waals surface area contributed by atoms with Crippen LogP contribution in [0.25, 0.3) is 0 Å². The van der Waals surface area contributed by atoms with Gasteiger partial charge in [-0.05, 0) is 92.7 Å². The number of rotatable bonds is 10. The number of halogens is 2. The molecule has 2 N–H and O–H groups in total. The number of anilines is 2. The van der Waals surface area contributed by atoms with E-state index < -0.39 is 11.9 Å². The number of fused-ring (bicyclic) bond motifs is 1. The summed E-state index contributed by atoms with van der Waals surface area (Å²) in [5.41, 5.74) is 2.80. The first-order chi connectivity index (χ1) is 28.5. The number of imide groups is 1. The average molecular weight is 838 g/mol. The molecule has 0 aromatic heterocycles. The molecule has 14 heteroatoms. The van der Waals surface area contributed by atoms with Gasteiger partial charge in [0, 0.05) is 91.5 Å². The van der Waals surface area contributed by atoms with E-state index in [1.165, 1.54) is 11.0 Å². The molecule has 4 heterocycles. The number of benzene rings is 3. The molecule has 5 aliphatic rings. The van der Waals surface area contributed by atoms with Crippen LogP contribution in [0, 0.1) is 33.9 Å². The van der Waals surface area contributed by atoms with Crippen LogP contribution >= 0.6 is 11.6 Å². The third-order valence-electron chi connectivity index (χ3n) is 13.8. The van der Waals surface area contributed by atoms with E-state index in [1.807, 2.05) is 29.2 Å². The second-order valence-electron chi connectivity index (χ2n) is 18.5. The van der Waals surface area contributed by atoms with E-state index in [0.717, 1.165) is 44.6 Å². The predicted octanol–water partition coefficient (Wildman–Crippen LogP) is 6.15. The largest absolute Gasteiger partial charge is 0.489 e. The second-order valence-corrected chi connectivity index (χ2v) is 18.9. The minimum atomic E-state index is -0.731. The normalized spacial score (nSPS) is 24.9. The van der Waals surface area contributed by atoms with Crippen LogP contribution in [0.3, 0.4) is 0 Å². The first-order valence-corrected chi connectivity index (χ1v) is 21.4. The quantitative estimate of drug-likeness (QED) is 0.231. The number of hydrogen-bond donors (Lipinski definition) is 2. The summed E-state index contributed by atoms with van der Waals surface area (Å²) >= 11 is 6.26. The molecule has 1 saturated carbocycles. The van der Waals surface area contributed by atoms with Gasteiger partial charge in [-0.1, -0.05) is 39.3 Å². The van der Waals surface area contributed by atoms with Gasteiger partial charge in [0.1, 0.15) is 29.8 Å². The van der Waals surface area contributed by atoms with Gasteiger partial charge >= 0.3 is 0 Å². The van der Waals surface area contributed by atoms with Gasteiger partial charge in [0.05, 0.1) is 16.3 Å². The van der Waals surface area contributed by atoms with Gasteiger partial charge in [-0.3, -0.25) is 24.5 Å². The Morgan fingerprint density at radius 1 is 0.983 bits per heavy atom. The van der Waals surface area contributed by atoms with E-state index in [2.05, 4.69) is 61.2 Å². The van der Waals surface area contributed by atoms with Gasteiger partial charge in [0.25, 0.3) is 11.8 Å². The molecule has 8 rings (SSSR count). The van der Waals surface area contributed by atoms with Crippen LogP contribution in [0.2, 0.25) is 5.02 Å². The molecule has 0 spiro atoms. The Hall–Kier alpha value is -5.19. The van der Waals surface area contributed by atoms with Gasteiger partial charge in [-0.25, -0.2) is 4.39 Å². The van der Waals surface area contributed by atoms with Crippen molar-refractivity contribution in [3.8, 4) is 11.8 Å². The van der Waals surface area contributed by atoms with Crippen molar-refractivity contribution in [1.82, 2.24) is 20.4 Å². The summed E-state index contributed by atoms with van der Waals surface area (Å²) < 4.78 is 21.9. The summed E-state index contributed by atoms with van der Waals surface area (Å²) in [7, 11) is 2.18. The molecule has 316 valence electrons. The molecular formula is C46H53ClFN7O5. The standard InChI is InChI=1S/C46H53ClFN7O5/c1-45(2)43(46(3,4)44(45)60-33-11-8-29(23-49)35(47)21-33)51-40(57)28-6-9-32(10-7-28)53-18-15-31(16-19-53)52(5)24-27-14-17-54(25-27)38-22-34-30(20-36(38)48)26-55(42(34)59)37-12-13-39(56)50-41(37)58/h6-11,20-22,27,31,37,43-44H,12-19,24-26H2,1-5H3,(H,51,57)(H,50,56,58)/t27-,37?,43?,44?/m1/s1. The fourth-order valence-corrected chi connectivity index (χ4v) is 11.0. The average Bonchev–Trinajstić information content (AvgIpc) is 3.81. The minimum absolute atomic E-state index is 0.123. The molecular weight excluding hydrogens is 785 g/mol. The van der Waals surface area contributed by atoms with Gasteiger partial charge in [-0.2, -0.15) is 5.26 Å². The Bertz CT molecular complexity index is 2240. The van der Waals surface area contributed by atoms with Crippen molar-refractivity contribution in [3.05, 3.63) is 87.7 Å². The molecule has 3 saturated heterocycles. The minimum Gasteiger partial charge on any atom is -0.489 e. The summed E-state index contributed by atoms with van der Waals surface area (Å²) in [6.45, 7) is 12.6. The predicted molar refractivity (Wildman–Crippen MR) is 226 cm³/mol. The zero-order valence-electron chi connectivity index (χ0n) is 34.9. The van der Waals surface area contributed by atoms with Crippen LogP contribution in [0.1, 0.15) is 91.6 Å². The van der Waals surface area contributed by atoms with Gasteiger partial charge in [0.2, 0.25) is 11.8 Å². The molecule has 12 nitrogen and oxygen atoms in total. The summed E-state index contributed by atoms with van der Waals surface area (Å²) in [6, 6.07) is 17.6. The molecule has 0 bridgehead atoms. The maximum absolute atomic E-state index is 15.5. The molecule has 1 unspecified atom stereocenters. The number of carbonyl (C=O) groups excluding carboxylic acids is 4. The highest BCUT2D eigenvalue weighted by atomic mass is 35.5. The highest BCUT2D eigenvalue weighted by molar-refractivity contribution is 6.31. The molecule has 1 aliphatic carbocycles. The van der Waals surface area contributed by atoms with Crippen LogP contribution in [0.4, 0.5) is 15.8 Å². The summed E-state index contributed by atoms with van der Waals surface area (Å²) in [6.07, 6.45) is 3.19. The fourth-order valence-electron chi connectivity index (χ4n) is 10.8. The second kappa shape index (κ2) is 16.0. The van der Waals surface area contributed by atoms with Crippen molar-refractivity contribution >= 4 is 46.6 Å². The zero-order chi connectivity index (χ0) is 42.7. The lowest BCUT2D eigenvalue weighted by Gasteiger charge is -2.63. The summed E-state index contributed by atoms with van der Waals surface area (Å²) in [4.78, 5) is 59.3. The Labute approximate surface area is 355 Å². The molecule has 4 amide bonds. The summed E-state index contributed by atoms with van der Waals surface area (Å²) in [5, 5.41) is 15.2. The van der Waals surface area contributed by atoms with Crippen molar-refractivity contribution in [2.45, 2.75) is 90.6 Å². The van der Waals surface area contributed by atoms with E-state index in [9.17, 15) is 24.4 Å². The number of nitrogens with one attached hydrogen (secondary N) is 2. The van der Waals surface area contributed by atoms with Crippen LogP contribution < -0.4 is 25.2 Å². The van der Waals surface area contributed by atoms with Gasteiger partial charge in [0.15, 0.2) is 0 Å². The third kappa shape index (κ3) is 7.69. The molecule has 3 aromatic carbocycles. The van der Waals surface area contributed by atoms with E-state index >= 15 is 4.39 Å². The van der Waals surface area contributed by atoms with E-state index in [4.69, 9.17) is 16.3 Å². The number of nitrogens with zero attached hydrogens (tertiary/aromatic N) is 5. The summed E-state index contributed by atoms with van der Waals surface area (Å²) in [5.74, 6) is -0.649. The van der Waals surface area contributed by atoms with Crippen molar-refractivity contribution in [2.75, 3.05) is 49.6 Å². The number of amides is 4. The molecule has 60 heavy (non-hydrogen) atoms. The lowest BCUT2D eigenvalue weighted by molar-refractivity contribution is -0.164. The first kappa shape index (κ1) is 41.5. The maximum atomic E-state index is 15.5. The SMILES string of the molecule is CN(C[C@H]1CCN(c2cc3c(cc2F)CN(C2CCC(=O)NC2=O)C3=O)C1)C1CCN(c2ccc(C(=O)NC3C(C)(C)C(Oc4ccc(C#N)c(Cl)c4)C3(C)C)cc2)CC1. The third-order valence-corrected chi connectivity index (χ3v) is 14.1. The zero-order valence-corrected chi connectivity index (χ0v) is 35.7. The smallest absolute Gasteiger partial charge is 0.255 e. The Morgan fingerprint density at radius 3 is 2.35 bits per heavy atom. The molecule has 4 fully saturated rings.